The molecule has 1 saturated heterocycles. The Kier molecular flexibility index (Phi) is 7.95. The number of alkyl halides is 3. The molecule has 1 aliphatic heterocycles. The second-order valence-corrected chi connectivity index (χ2v) is 10.6. The number of carbonyl (C=O) groups is 2. The number of nitrogens with zero attached hydrogens (tertiary/aromatic N) is 3. The number of hydrogen-bond acceptors (Lipinski definition) is 5. The van der Waals surface area contributed by atoms with Gasteiger partial charge in [0, 0.05) is 48.8 Å². The molecule has 1 aliphatic carbocycles. The van der Waals surface area contributed by atoms with Gasteiger partial charge in [-0.1, -0.05) is 18.2 Å². The molecule has 5 rings (SSSR count). The van der Waals surface area contributed by atoms with Gasteiger partial charge in [-0.05, 0) is 68.0 Å². The molecule has 1 aromatic heterocycles. The van der Waals surface area contributed by atoms with Crippen LogP contribution in [0.25, 0.3) is 5.69 Å². The summed E-state index contributed by atoms with van der Waals surface area (Å²) in [5.74, 6) is -1.12. The van der Waals surface area contributed by atoms with Gasteiger partial charge < -0.3 is 20.3 Å². The zero-order valence-electron chi connectivity index (χ0n) is 21.9. The highest BCUT2D eigenvalue weighted by Gasteiger charge is 2.38. The molecule has 0 spiro atoms. The van der Waals surface area contributed by atoms with E-state index in [0.29, 0.717) is 25.4 Å². The van der Waals surface area contributed by atoms with Crippen LogP contribution in [0.3, 0.4) is 0 Å². The van der Waals surface area contributed by atoms with Crippen LogP contribution in [-0.2, 0) is 16.6 Å². The fourth-order valence-corrected chi connectivity index (χ4v) is 5.70. The standard InChI is InChI=1S/C29H32F3N5O3/c30-29(31,32)22-3-1-2-20(16-22)27(39)34-17-26(38)35-23-10-14-36(18-23)25-8-11-28(40,12-9-25)21-4-6-24(7-5-21)37-15-13-33-19-37/h1-7,13,15-16,19,23,25,40H,8-12,14,17-18H2,(H,34,39)(H,35,38). The highest BCUT2D eigenvalue weighted by molar-refractivity contribution is 5.96. The molecule has 0 bridgehead atoms. The van der Waals surface area contributed by atoms with E-state index >= 15 is 0 Å². The van der Waals surface area contributed by atoms with Crippen LogP contribution < -0.4 is 10.6 Å². The summed E-state index contributed by atoms with van der Waals surface area (Å²) in [5.41, 5.74) is -0.0383. The minimum atomic E-state index is -4.55. The second-order valence-electron chi connectivity index (χ2n) is 10.6. The smallest absolute Gasteiger partial charge is 0.385 e. The molecule has 2 fully saturated rings. The molecule has 11 heteroatoms. The van der Waals surface area contributed by atoms with E-state index < -0.39 is 23.2 Å². The normalized spacial score (nSPS) is 23.6. The average Bonchev–Trinajstić information content (AvgIpc) is 3.65. The largest absolute Gasteiger partial charge is 0.416 e. The summed E-state index contributed by atoms with van der Waals surface area (Å²) < 4.78 is 40.6. The van der Waals surface area contributed by atoms with Crippen molar-refractivity contribution in [2.45, 2.75) is 56.0 Å². The molecule has 1 atom stereocenters. The van der Waals surface area contributed by atoms with Crippen molar-refractivity contribution in [2.75, 3.05) is 19.6 Å². The van der Waals surface area contributed by atoms with E-state index in [4.69, 9.17) is 0 Å². The molecule has 2 heterocycles. The fraction of sp³-hybridized carbons (Fsp3) is 0.414. The van der Waals surface area contributed by atoms with E-state index in [0.717, 1.165) is 55.3 Å². The van der Waals surface area contributed by atoms with Crippen molar-refractivity contribution in [2.24, 2.45) is 0 Å². The van der Waals surface area contributed by atoms with Gasteiger partial charge in [0.2, 0.25) is 5.91 Å². The van der Waals surface area contributed by atoms with Crippen LogP contribution in [0.4, 0.5) is 13.2 Å². The third-order valence-electron chi connectivity index (χ3n) is 7.95. The van der Waals surface area contributed by atoms with Crippen LogP contribution in [0, 0.1) is 0 Å². The predicted octanol–water partition coefficient (Wildman–Crippen LogP) is 3.64. The highest BCUT2D eigenvalue weighted by atomic mass is 19.4. The lowest BCUT2D eigenvalue weighted by Crippen LogP contribution is -2.45. The molecule has 8 nitrogen and oxygen atoms in total. The van der Waals surface area contributed by atoms with E-state index in [-0.39, 0.29) is 24.1 Å². The molecule has 2 aromatic carbocycles. The van der Waals surface area contributed by atoms with Crippen molar-refractivity contribution in [1.29, 1.82) is 0 Å². The first kappa shape index (κ1) is 27.9. The molecule has 40 heavy (non-hydrogen) atoms. The molecule has 1 unspecified atom stereocenters. The van der Waals surface area contributed by atoms with Gasteiger partial charge in [0.15, 0.2) is 0 Å². The van der Waals surface area contributed by atoms with Crippen LogP contribution in [-0.4, -0.2) is 63.1 Å². The molecule has 2 aliphatic rings. The first-order valence-corrected chi connectivity index (χ1v) is 13.4. The molecule has 0 radical (unpaired) electrons. The number of amides is 2. The number of carbonyl (C=O) groups excluding carboxylic acids is 2. The lowest BCUT2D eigenvalue weighted by Gasteiger charge is -2.40. The van der Waals surface area contributed by atoms with E-state index in [9.17, 15) is 27.9 Å². The molecule has 3 N–H and O–H groups in total. The van der Waals surface area contributed by atoms with Gasteiger partial charge in [-0.25, -0.2) is 4.98 Å². The Morgan fingerprint density at radius 3 is 2.50 bits per heavy atom. The minimum Gasteiger partial charge on any atom is -0.385 e. The van der Waals surface area contributed by atoms with Gasteiger partial charge in [-0.3, -0.25) is 14.5 Å². The first-order chi connectivity index (χ1) is 19.1. The number of hydrogen-bond donors (Lipinski definition) is 3. The third-order valence-corrected chi connectivity index (χ3v) is 7.95. The number of benzene rings is 2. The molecular weight excluding hydrogens is 523 g/mol. The van der Waals surface area contributed by atoms with E-state index in [1.165, 1.54) is 6.07 Å². The van der Waals surface area contributed by atoms with Gasteiger partial charge in [0.1, 0.15) is 0 Å². The second kappa shape index (κ2) is 11.4. The van der Waals surface area contributed by atoms with Crippen molar-refractivity contribution in [3.05, 3.63) is 83.9 Å². The molecule has 212 valence electrons. The summed E-state index contributed by atoms with van der Waals surface area (Å²) in [6.45, 7) is 1.18. The number of likely N-dealkylation sites (tertiary alicyclic amines) is 1. The Morgan fingerprint density at radius 1 is 1.07 bits per heavy atom. The fourth-order valence-electron chi connectivity index (χ4n) is 5.70. The lowest BCUT2D eigenvalue weighted by atomic mass is 9.77. The summed E-state index contributed by atoms with van der Waals surface area (Å²) in [4.78, 5) is 31.1. The highest BCUT2D eigenvalue weighted by Crippen LogP contribution is 2.39. The van der Waals surface area contributed by atoms with Crippen molar-refractivity contribution in [3.8, 4) is 5.69 Å². The third kappa shape index (κ3) is 6.37. The van der Waals surface area contributed by atoms with E-state index in [2.05, 4.69) is 20.5 Å². The monoisotopic (exact) mass is 555 g/mol. The van der Waals surface area contributed by atoms with Crippen molar-refractivity contribution >= 4 is 11.8 Å². The first-order valence-electron chi connectivity index (χ1n) is 13.4. The SMILES string of the molecule is O=C(CNC(=O)c1cccc(C(F)(F)F)c1)NC1CCN(C2CCC(O)(c3ccc(-n4ccnc4)cc3)CC2)C1. The van der Waals surface area contributed by atoms with Gasteiger partial charge in [-0.15, -0.1) is 0 Å². The summed E-state index contributed by atoms with van der Waals surface area (Å²) >= 11 is 0. The van der Waals surface area contributed by atoms with E-state index in [1.807, 2.05) is 35.0 Å². The summed E-state index contributed by atoms with van der Waals surface area (Å²) in [7, 11) is 0. The summed E-state index contributed by atoms with van der Waals surface area (Å²) in [6.07, 6.45) is 4.53. The zero-order valence-corrected chi connectivity index (χ0v) is 21.9. The number of aliphatic hydroxyl groups is 1. The maximum Gasteiger partial charge on any atom is 0.416 e. The quantitative estimate of drug-likeness (QED) is 0.414. The van der Waals surface area contributed by atoms with Gasteiger partial charge in [0.05, 0.1) is 24.0 Å². The number of rotatable bonds is 7. The molecule has 1 saturated carbocycles. The van der Waals surface area contributed by atoms with Crippen LogP contribution in [0.5, 0.6) is 0 Å². The van der Waals surface area contributed by atoms with Gasteiger partial charge >= 0.3 is 6.18 Å². The number of nitrogens with one attached hydrogen (secondary N) is 2. The van der Waals surface area contributed by atoms with Crippen LogP contribution in [0.2, 0.25) is 0 Å². The molecular formula is C29H32F3N5O3. The lowest BCUT2D eigenvalue weighted by molar-refractivity contribution is -0.137. The Labute approximate surface area is 230 Å². The van der Waals surface area contributed by atoms with E-state index in [1.54, 1.807) is 12.5 Å². The molecule has 2 amide bonds. The molecule has 3 aromatic rings. The zero-order chi connectivity index (χ0) is 28.3. The van der Waals surface area contributed by atoms with Crippen LogP contribution >= 0.6 is 0 Å². The Morgan fingerprint density at radius 2 is 1.82 bits per heavy atom. The van der Waals surface area contributed by atoms with Crippen LogP contribution in [0.15, 0.2) is 67.3 Å². The van der Waals surface area contributed by atoms with Crippen molar-refractivity contribution < 1.29 is 27.9 Å². The number of imidazole rings is 1. The van der Waals surface area contributed by atoms with Crippen molar-refractivity contribution in [3.63, 3.8) is 0 Å². The van der Waals surface area contributed by atoms with Gasteiger partial charge in [-0.2, -0.15) is 13.2 Å². The minimum absolute atomic E-state index is 0.0745. The number of halogens is 3. The number of aromatic nitrogens is 2. The average molecular weight is 556 g/mol. The predicted molar refractivity (Wildman–Crippen MR) is 142 cm³/mol. The maximum absolute atomic E-state index is 12.9. The Balaban J connectivity index is 1.06. The Hall–Kier alpha value is -3.70. The summed E-state index contributed by atoms with van der Waals surface area (Å²) in [5, 5.41) is 16.7. The van der Waals surface area contributed by atoms with Gasteiger partial charge in [0.25, 0.3) is 5.91 Å². The van der Waals surface area contributed by atoms with Crippen LogP contribution in [0.1, 0.15) is 53.6 Å². The summed E-state index contributed by atoms with van der Waals surface area (Å²) in [6, 6.07) is 12.3. The maximum atomic E-state index is 12.9. The topological polar surface area (TPSA) is 99.5 Å². The Bertz CT molecular complexity index is 1320. The van der Waals surface area contributed by atoms with Crippen molar-refractivity contribution in [1.82, 2.24) is 25.1 Å².